The number of carbonyl (C=O) groups is 1. The van der Waals surface area contributed by atoms with E-state index >= 15 is 0 Å². The van der Waals surface area contributed by atoms with Crippen LogP contribution in [0, 0.1) is 11.7 Å². The average molecular weight is 389 g/mol. The van der Waals surface area contributed by atoms with E-state index in [0.29, 0.717) is 5.56 Å². The summed E-state index contributed by atoms with van der Waals surface area (Å²) in [5.41, 5.74) is 5.64. The third kappa shape index (κ3) is 3.66. The molecular weight excluding hydrogens is 373 g/mol. The molecule has 0 saturated carbocycles. The van der Waals surface area contributed by atoms with Crippen molar-refractivity contribution < 1.29 is 18.7 Å². The Hall–Kier alpha value is -3.43. The molecule has 3 rings (SSSR count). The van der Waals surface area contributed by atoms with Crippen LogP contribution in [0.2, 0.25) is 0 Å². The van der Waals surface area contributed by atoms with Gasteiger partial charge in [0.05, 0.1) is 11.8 Å². The largest absolute Gasteiger partial charge is 0.459 e. The van der Waals surface area contributed by atoms with Crippen molar-refractivity contribution in [1.82, 2.24) is 9.55 Å². The first-order valence-electron chi connectivity index (χ1n) is 8.33. The van der Waals surface area contributed by atoms with E-state index in [1.54, 1.807) is 37.3 Å². The summed E-state index contributed by atoms with van der Waals surface area (Å²) in [6.45, 7) is 1.28. The average Bonchev–Trinajstić information content (AvgIpc) is 3.00. The number of hydrogen-bond acceptors (Lipinski definition) is 6. The quantitative estimate of drug-likeness (QED) is 0.361. The van der Waals surface area contributed by atoms with Crippen molar-refractivity contribution in [2.45, 2.75) is 25.3 Å². The van der Waals surface area contributed by atoms with E-state index in [9.17, 15) is 18.8 Å². The summed E-state index contributed by atoms with van der Waals surface area (Å²) in [6, 6.07) is 8.20. The molecule has 0 radical (unpaired) electrons. The number of rotatable bonds is 5. The minimum atomic E-state index is -1.59. The fraction of sp³-hybridized carbons (Fsp3) is 0.353. The molecule has 1 N–H and O–H groups in total. The molecule has 28 heavy (non-hydrogen) atoms. The lowest BCUT2D eigenvalue weighted by atomic mass is 9.98. The minimum Gasteiger partial charge on any atom is -0.459 e. The van der Waals surface area contributed by atoms with Crippen LogP contribution in [0.15, 0.2) is 51.2 Å². The zero-order valence-corrected chi connectivity index (χ0v) is 14.7. The molecule has 146 valence electrons. The fourth-order valence-corrected chi connectivity index (χ4v) is 2.96. The molecule has 3 atom stereocenters. The number of nitrogens with zero attached hydrogens (tertiary/aromatic N) is 4. The second-order valence-corrected chi connectivity index (χ2v) is 6.33. The van der Waals surface area contributed by atoms with Crippen LogP contribution in [-0.4, -0.2) is 27.9 Å². The lowest BCUT2D eigenvalue weighted by Gasteiger charge is -2.27. The van der Waals surface area contributed by atoms with Crippen molar-refractivity contribution >= 4 is 5.97 Å². The Kier molecular flexibility index (Phi) is 5.30. The summed E-state index contributed by atoms with van der Waals surface area (Å²) in [6.07, 6.45) is -0.136. The molecule has 0 bridgehead atoms. The highest BCUT2D eigenvalue weighted by atomic mass is 19.1. The molecule has 1 saturated heterocycles. The number of carbonyl (C=O) groups excluding carboxylic acids is 1. The van der Waals surface area contributed by atoms with Crippen molar-refractivity contribution in [3.05, 3.63) is 79.2 Å². The first-order chi connectivity index (χ1) is 13.4. The highest BCUT2D eigenvalue weighted by molar-refractivity contribution is 5.89. The van der Waals surface area contributed by atoms with Crippen molar-refractivity contribution in [3.63, 3.8) is 0 Å². The van der Waals surface area contributed by atoms with E-state index in [1.165, 1.54) is 0 Å². The maximum absolute atomic E-state index is 13.6. The van der Waals surface area contributed by atoms with Gasteiger partial charge in [-0.1, -0.05) is 30.2 Å². The maximum Gasteiger partial charge on any atom is 0.338 e. The smallest absolute Gasteiger partial charge is 0.338 e. The van der Waals surface area contributed by atoms with Crippen LogP contribution < -0.4 is 11.2 Å². The predicted octanol–water partition coefficient (Wildman–Crippen LogP) is 2.09. The molecule has 0 unspecified atom stereocenters. The van der Waals surface area contributed by atoms with Crippen LogP contribution in [0.4, 0.5) is 4.39 Å². The van der Waals surface area contributed by atoms with Crippen LogP contribution in [-0.2, 0) is 9.47 Å². The van der Waals surface area contributed by atoms with Crippen molar-refractivity contribution in [1.29, 1.82) is 0 Å². The summed E-state index contributed by atoms with van der Waals surface area (Å²) in [4.78, 5) is 40.0. The number of ether oxygens (including phenoxy) is 2. The Morgan fingerprint density at radius 2 is 2.18 bits per heavy atom. The van der Waals surface area contributed by atoms with Crippen LogP contribution in [0.1, 0.15) is 29.9 Å². The van der Waals surface area contributed by atoms with Crippen molar-refractivity contribution in [2.75, 3.05) is 6.61 Å². The highest BCUT2D eigenvalue weighted by Crippen LogP contribution is 2.42. The normalized spacial score (nSPS) is 23.8. The zero-order valence-electron chi connectivity index (χ0n) is 14.7. The second kappa shape index (κ2) is 7.67. The van der Waals surface area contributed by atoms with Gasteiger partial charge in [0.15, 0.2) is 5.72 Å². The molecule has 11 heteroatoms. The summed E-state index contributed by atoms with van der Waals surface area (Å²) in [7, 11) is 0. The Morgan fingerprint density at radius 1 is 1.46 bits per heavy atom. The summed E-state index contributed by atoms with van der Waals surface area (Å²) in [5.74, 6) is -2.27. The van der Waals surface area contributed by atoms with Gasteiger partial charge in [0.2, 0.25) is 5.82 Å². The molecule has 1 aliphatic rings. The fourth-order valence-electron chi connectivity index (χ4n) is 2.96. The van der Waals surface area contributed by atoms with E-state index < -0.39 is 47.5 Å². The lowest BCUT2D eigenvalue weighted by molar-refractivity contribution is -0.110. The Balaban J connectivity index is 1.84. The van der Waals surface area contributed by atoms with Crippen LogP contribution >= 0.6 is 0 Å². The van der Waals surface area contributed by atoms with E-state index in [1.807, 2.05) is 4.98 Å². The first-order valence-corrected chi connectivity index (χ1v) is 8.33. The molecule has 0 spiro atoms. The van der Waals surface area contributed by atoms with Gasteiger partial charge in [-0.05, 0) is 30.0 Å². The molecular formula is C17H16FN5O5. The number of halogens is 1. The van der Waals surface area contributed by atoms with Gasteiger partial charge in [-0.3, -0.25) is 14.3 Å². The standard InChI is InChI=1S/C17H16FN5O5/c1-10-7-13(23-8-12(18)14(24)20-16(23)26)28-17(10,21-22-19)9-27-15(25)11-5-3-2-4-6-11/h2-6,8,10,13H,7,9H2,1H3,(H,20,24,26)/t10-,13+,17+/m0/s1. The summed E-state index contributed by atoms with van der Waals surface area (Å²) < 4.78 is 25.4. The molecule has 0 aliphatic carbocycles. The molecule has 0 amide bonds. The van der Waals surface area contributed by atoms with Gasteiger partial charge in [0.25, 0.3) is 5.56 Å². The van der Waals surface area contributed by atoms with E-state index in [2.05, 4.69) is 10.0 Å². The van der Waals surface area contributed by atoms with Crippen LogP contribution in [0.5, 0.6) is 0 Å². The number of nitrogens with one attached hydrogen (secondary N) is 1. The number of azide groups is 1. The van der Waals surface area contributed by atoms with Gasteiger partial charge >= 0.3 is 11.7 Å². The van der Waals surface area contributed by atoms with Gasteiger partial charge in [0.1, 0.15) is 12.8 Å². The molecule has 2 aromatic rings. The number of aromatic amines is 1. The Labute approximate surface area is 157 Å². The molecule has 1 aliphatic heterocycles. The molecule has 1 aromatic heterocycles. The van der Waals surface area contributed by atoms with Gasteiger partial charge in [-0.15, -0.1) is 0 Å². The predicted molar refractivity (Wildman–Crippen MR) is 93.8 cm³/mol. The van der Waals surface area contributed by atoms with E-state index in [0.717, 1.165) is 10.8 Å². The molecule has 1 aromatic carbocycles. The van der Waals surface area contributed by atoms with Crippen LogP contribution in [0.3, 0.4) is 0 Å². The van der Waals surface area contributed by atoms with Gasteiger partial charge in [-0.2, -0.15) is 4.39 Å². The second-order valence-electron chi connectivity index (χ2n) is 6.33. The van der Waals surface area contributed by atoms with Crippen molar-refractivity contribution in [2.24, 2.45) is 11.0 Å². The SMILES string of the molecule is C[C@H]1C[C@H](n2cc(F)c(=O)[nH]c2=O)O[C@@]1(COC(=O)c1ccccc1)N=[N+]=[N-]. The Morgan fingerprint density at radius 3 is 2.86 bits per heavy atom. The molecule has 10 nitrogen and oxygen atoms in total. The molecule has 2 heterocycles. The third-order valence-electron chi connectivity index (χ3n) is 4.53. The number of benzene rings is 1. The lowest BCUT2D eigenvalue weighted by Crippen LogP contribution is -2.39. The van der Waals surface area contributed by atoms with Gasteiger partial charge in [-0.25, -0.2) is 9.59 Å². The first kappa shape index (κ1) is 19.3. The summed E-state index contributed by atoms with van der Waals surface area (Å²) >= 11 is 0. The number of esters is 1. The monoisotopic (exact) mass is 389 g/mol. The van der Waals surface area contributed by atoms with Gasteiger partial charge < -0.3 is 9.47 Å². The van der Waals surface area contributed by atoms with E-state index in [-0.39, 0.29) is 6.42 Å². The van der Waals surface area contributed by atoms with Crippen molar-refractivity contribution in [3.8, 4) is 0 Å². The zero-order chi connectivity index (χ0) is 20.3. The van der Waals surface area contributed by atoms with E-state index in [4.69, 9.17) is 15.0 Å². The third-order valence-corrected chi connectivity index (χ3v) is 4.53. The summed E-state index contributed by atoms with van der Waals surface area (Å²) in [5, 5.41) is 3.65. The minimum absolute atomic E-state index is 0.160. The number of hydrogen-bond donors (Lipinski definition) is 1. The van der Waals surface area contributed by atoms with Gasteiger partial charge in [0, 0.05) is 4.91 Å². The number of H-pyrrole nitrogens is 1. The Bertz CT molecular complexity index is 1050. The van der Waals surface area contributed by atoms with Crippen LogP contribution in [0.25, 0.3) is 10.4 Å². The molecule has 1 fully saturated rings. The highest BCUT2D eigenvalue weighted by Gasteiger charge is 2.48. The number of aromatic nitrogens is 2. The maximum atomic E-state index is 13.6. The topological polar surface area (TPSA) is 139 Å².